The van der Waals surface area contributed by atoms with Crippen LogP contribution in [0.2, 0.25) is 0 Å². The molecule has 0 radical (unpaired) electrons. The van der Waals surface area contributed by atoms with Gasteiger partial charge in [-0.1, -0.05) is 43.5 Å². The maximum atomic E-state index is 10.8. The summed E-state index contributed by atoms with van der Waals surface area (Å²) in [4.78, 5) is 10.8. The van der Waals surface area contributed by atoms with Gasteiger partial charge >= 0.3 is 0 Å². The highest BCUT2D eigenvalue weighted by Gasteiger charge is 2.19. The van der Waals surface area contributed by atoms with Crippen LogP contribution in [0, 0.1) is 6.92 Å². The highest BCUT2D eigenvalue weighted by atomic mass is 16.1. The van der Waals surface area contributed by atoms with Crippen molar-refractivity contribution in [2.24, 2.45) is 0 Å². The molecule has 1 fully saturated rings. The van der Waals surface area contributed by atoms with E-state index in [9.17, 15) is 4.79 Å². The monoisotopic (exact) mass is 268 g/mol. The predicted octanol–water partition coefficient (Wildman–Crippen LogP) is 4.18. The van der Waals surface area contributed by atoms with Gasteiger partial charge in [0.15, 0.2) is 0 Å². The van der Waals surface area contributed by atoms with Crippen LogP contribution in [0.5, 0.6) is 0 Å². The third-order valence-corrected chi connectivity index (χ3v) is 4.12. The summed E-state index contributed by atoms with van der Waals surface area (Å²) in [6, 6.07) is 10.4. The fraction of sp³-hybridized carbons (Fsp3) is 0.412. The minimum absolute atomic E-state index is 0.526. The van der Waals surface area contributed by atoms with Crippen LogP contribution in [0.4, 0.5) is 0 Å². The summed E-state index contributed by atoms with van der Waals surface area (Å²) in [5.41, 5.74) is 4.09. The smallest absolute Gasteiger partial charge is 0.150 e. The molecule has 3 heteroatoms. The fourth-order valence-corrected chi connectivity index (χ4v) is 3.07. The first-order chi connectivity index (χ1) is 9.78. The van der Waals surface area contributed by atoms with Gasteiger partial charge in [-0.15, -0.1) is 0 Å². The Morgan fingerprint density at radius 3 is 2.50 bits per heavy atom. The van der Waals surface area contributed by atoms with Crippen molar-refractivity contribution in [2.45, 2.75) is 45.1 Å². The summed E-state index contributed by atoms with van der Waals surface area (Å²) < 4.78 is 2.20. The van der Waals surface area contributed by atoms with E-state index < -0.39 is 0 Å². The van der Waals surface area contributed by atoms with Crippen LogP contribution in [0.3, 0.4) is 0 Å². The first kappa shape index (κ1) is 13.1. The number of aromatic nitrogens is 2. The molecule has 0 aliphatic heterocycles. The number of carbonyl (C=O) groups excluding carboxylic acids is 1. The summed E-state index contributed by atoms with van der Waals surface area (Å²) in [6.07, 6.45) is 7.27. The topological polar surface area (TPSA) is 34.9 Å². The van der Waals surface area contributed by atoms with Crippen LogP contribution in [0.15, 0.2) is 30.3 Å². The lowest BCUT2D eigenvalue weighted by Gasteiger charge is -2.24. The molecule has 1 aromatic carbocycles. The Balaban J connectivity index is 1.97. The fourth-order valence-electron chi connectivity index (χ4n) is 3.07. The van der Waals surface area contributed by atoms with Gasteiger partial charge in [0.2, 0.25) is 0 Å². The molecule has 3 nitrogen and oxygen atoms in total. The minimum Gasteiger partial charge on any atom is -0.298 e. The number of rotatable bonds is 3. The maximum Gasteiger partial charge on any atom is 0.150 e. The molecule has 20 heavy (non-hydrogen) atoms. The molecule has 3 rings (SSSR count). The van der Waals surface area contributed by atoms with Gasteiger partial charge in [-0.25, -0.2) is 0 Å². The Morgan fingerprint density at radius 1 is 1.15 bits per heavy atom. The van der Waals surface area contributed by atoms with Gasteiger partial charge in [0.25, 0.3) is 0 Å². The first-order valence-electron chi connectivity index (χ1n) is 7.40. The molecule has 1 aliphatic rings. The standard InChI is InChI=1S/C17H20N2O/c1-13-11-17(15-9-7-14(12-20)8-10-15)19(18-13)16-5-3-2-4-6-16/h7-12,16H,2-6H2,1H3. The number of nitrogens with zero attached hydrogens (tertiary/aromatic N) is 2. The van der Waals surface area contributed by atoms with E-state index in [1.807, 2.05) is 31.2 Å². The second-order valence-corrected chi connectivity index (χ2v) is 5.65. The van der Waals surface area contributed by atoms with E-state index in [4.69, 9.17) is 5.10 Å². The predicted molar refractivity (Wildman–Crippen MR) is 79.9 cm³/mol. The van der Waals surface area contributed by atoms with Crippen molar-refractivity contribution >= 4 is 6.29 Å². The van der Waals surface area contributed by atoms with Gasteiger partial charge in [0.1, 0.15) is 6.29 Å². The zero-order valence-electron chi connectivity index (χ0n) is 11.9. The Bertz CT molecular complexity index is 592. The van der Waals surface area contributed by atoms with Crippen molar-refractivity contribution in [3.63, 3.8) is 0 Å². The summed E-state index contributed by atoms with van der Waals surface area (Å²) in [5, 5.41) is 4.70. The molecule has 2 aromatic rings. The van der Waals surface area contributed by atoms with Crippen molar-refractivity contribution in [2.75, 3.05) is 0 Å². The number of benzene rings is 1. The first-order valence-corrected chi connectivity index (χ1v) is 7.40. The molecular weight excluding hydrogens is 248 g/mol. The minimum atomic E-state index is 0.526. The second kappa shape index (κ2) is 5.61. The van der Waals surface area contributed by atoms with Crippen molar-refractivity contribution in [1.82, 2.24) is 9.78 Å². The lowest BCUT2D eigenvalue weighted by atomic mass is 9.95. The summed E-state index contributed by atoms with van der Waals surface area (Å²) in [7, 11) is 0. The lowest BCUT2D eigenvalue weighted by molar-refractivity contribution is 0.112. The van der Waals surface area contributed by atoms with Gasteiger partial charge in [-0.3, -0.25) is 9.48 Å². The Hall–Kier alpha value is -1.90. The molecule has 0 saturated heterocycles. The molecule has 0 bridgehead atoms. The van der Waals surface area contributed by atoms with E-state index in [0.29, 0.717) is 11.6 Å². The van der Waals surface area contributed by atoms with Gasteiger partial charge in [0.05, 0.1) is 17.4 Å². The van der Waals surface area contributed by atoms with Gasteiger partial charge < -0.3 is 0 Å². The van der Waals surface area contributed by atoms with Crippen molar-refractivity contribution in [3.05, 3.63) is 41.6 Å². The van der Waals surface area contributed by atoms with E-state index in [0.717, 1.165) is 17.5 Å². The summed E-state index contributed by atoms with van der Waals surface area (Å²) in [5.74, 6) is 0. The number of aldehydes is 1. The van der Waals surface area contributed by atoms with E-state index in [1.54, 1.807) is 0 Å². The van der Waals surface area contributed by atoms with E-state index in [1.165, 1.54) is 37.8 Å². The van der Waals surface area contributed by atoms with Crippen LogP contribution < -0.4 is 0 Å². The lowest BCUT2D eigenvalue weighted by Crippen LogP contribution is -2.15. The number of aryl methyl sites for hydroxylation is 1. The Morgan fingerprint density at radius 2 is 1.85 bits per heavy atom. The SMILES string of the molecule is Cc1cc(-c2ccc(C=O)cc2)n(C2CCCCC2)n1. The third-order valence-electron chi connectivity index (χ3n) is 4.12. The van der Waals surface area contributed by atoms with Crippen LogP contribution >= 0.6 is 0 Å². The Kier molecular flexibility index (Phi) is 3.68. The highest BCUT2D eigenvalue weighted by Crippen LogP contribution is 2.32. The quantitative estimate of drug-likeness (QED) is 0.783. The number of hydrogen-bond donors (Lipinski definition) is 0. The normalized spacial score (nSPS) is 16.2. The molecule has 0 spiro atoms. The average Bonchev–Trinajstić information content (AvgIpc) is 2.90. The molecule has 1 saturated carbocycles. The van der Waals surface area contributed by atoms with Crippen LogP contribution in [0.1, 0.15) is 54.2 Å². The van der Waals surface area contributed by atoms with E-state index >= 15 is 0 Å². The third kappa shape index (κ3) is 2.53. The van der Waals surface area contributed by atoms with Crippen molar-refractivity contribution < 1.29 is 4.79 Å². The molecule has 1 heterocycles. The number of hydrogen-bond acceptors (Lipinski definition) is 2. The van der Waals surface area contributed by atoms with Crippen molar-refractivity contribution in [3.8, 4) is 11.3 Å². The zero-order valence-corrected chi connectivity index (χ0v) is 11.9. The van der Waals surface area contributed by atoms with Crippen LogP contribution in [-0.2, 0) is 0 Å². The zero-order chi connectivity index (χ0) is 13.9. The summed E-state index contributed by atoms with van der Waals surface area (Å²) in [6.45, 7) is 2.04. The molecule has 0 unspecified atom stereocenters. The van der Waals surface area contributed by atoms with Crippen LogP contribution in [0.25, 0.3) is 11.3 Å². The Labute approximate surface area is 119 Å². The van der Waals surface area contributed by atoms with Crippen molar-refractivity contribution in [1.29, 1.82) is 0 Å². The molecular formula is C17H20N2O. The van der Waals surface area contributed by atoms with Gasteiger partial charge in [-0.2, -0.15) is 5.10 Å². The molecule has 0 amide bonds. The maximum absolute atomic E-state index is 10.8. The van der Waals surface area contributed by atoms with E-state index in [-0.39, 0.29) is 0 Å². The van der Waals surface area contributed by atoms with Gasteiger partial charge in [-0.05, 0) is 31.4 Å². The average molecular weight is 268 g/mol. The highest BCUT2D eigenvalue weighted by molar-refractivity contribution is 5.76. The van der Waals surface area contributed by atoms with Gasteiger partial charge in [0, 0.05) is 5.56 Å². The molecule has 104 valence electrons. The van der Waals surface area contributed by atoms with Crippen LogP contribution in [-0.4, -0.2) is 16.1 Å². The largest absolute Gasteiger partial charge is 0.298 e. The van der Waals surface area contributed by atoms with E-state index in [2.05, 4.69) is 10.7 Å². The number of carbonyl (C=O) groups is 1. The second-order valence-electron chi connectivity index (χ2n) is 5.65. The molecule has 1 aromatic heterocycles. The molecule has 0 atom stereocenters. The summed E-state index contributed by atoms with van der Waals surface area (Å²) >= 11 is 0. The molecule has 1 aliphatic carbocycles. The molecule has 0 N–H and O–H groups in total.